The summed E-state index contributed by atoms with van der Waals surface area (Å²) in [7, 11) is 0. The molecule has 2 heterocycles. The molecule has 0 radical (unpaired) electrons. The Labute approximate surface area is 92.3 Å². The summed E-state index contributed by atoms with van der Waals surface area (Å²) in [5.41, 5.74) is 0. The number of rotatable bonds is 2. The number of thioether (sulfide) groups is 1. The number of hydrogen-bond donors (Lipinski definition) is 1. The molecule has 1 saturated heterocycles. The summed E-state index contributed by atoms with van der Waals surface area (Å²) in [5.74, 6) is 0.0885. The maximum Gasteiger partial charge on any atom is 0.189 e. The molecule has 0 atom stereocenters. The first-order valence-electron chi connectivity index (χ1n) is 4.83. The second kappa shape index (κ2) is 4.76. The summed E-state index contributed by atoms with van der Waals surface area (Å²) < 4.78 is 13.5. The van der Waals surface area contributed by atoms with Gasteiger partial charge in [0.2, 0.25) is 0 Å². The predicted octanol–water partition coefficient (Wildman–Crippen LogP) is 0.747. The molecule has 0 unspecified atom stereocenters. The van der Waals surface area contributed by atoms with Gasteiger partial charge in [0, 0.05) is 26.2 Å². The molecule has 0 saturated carbocycles. The molecular weight excluding hydrogens is 215 g/mol. The Morgan fingerprint density at radius 1 is 1.47 bits per heavy atom. The van der Waals surface area contributed by atoms with Gasteiger partial charge < -0.3 is 10.2 Å². The van der Waals surface area contributed by atoms with E-state index in [9.17, 15) is 4.39 Å². The first-order valence-corrected chi connectivity index (χ1v) is 6.06. The van der Waals surface area contributed by atoms with Crippen molar-refractivity contribution in [2.24, 2.45) is 0 Å². The van der Waals surface area contributed by atoms with Crippen LogP contribution in [-0.4, -0.2) is 42.4 Å². The molecule has 0 aromatic carbocycles. The normalized spacial score (nSPS) is 16.8. The van der Waals surface area contributed by atoms with Crippen LogP contribution in [0.3, 0.4) is 0 Å². The summed E-state index contributed by atoms with van der Waals surface area (Å²) in [4.78, 5) is 10.0. The zero-order valence-corrected chi connectivity index (χ0v) is 9.35. The van der Waals surface area contributed by atoms with E-state index in [0.29, 0.717) is 11.0 Å². The van der Waals surface area contributed by atoms with Crippen molar-refractivity contribution in [3.05, 3.63) is 12.0 Å². The van der Waals surface area contributed by atoms with Crippen LogP contribution >= 0.6 is 11.8 Å². The molecule has 1 fully saturated rings. The molecule has 1 aromatic heterocycles. The van der Waals surface area contributed by atoms with Crippen LogP contribution < -0.4 is 10.2 Å². The van der Waals surface area contributed by atoms with E-state index >= 15 is 0 Å². The van der Waals surface area contributed by atoms with Crippen LogP contribution in [-0.2, 0) is 0 Å². The number of nitrogens with zero attached hydrogens (tertiary/aromatic N) is 3. The van der Waals surface area contributed by atoms with Crippen LogP contribution in [0.4, 0.5) is 10.2 Å². The summed E-state index contributed by atoms with van der Waals surface area (Å²) in [6.45, 7) is 3.33. The van der Waals surface area contributed by atoms with Crippen molar-refractivity contribution < 1.29 is 4.39 Å². The summed E-state index contributed by atoms with van der Waals surface area (Å²) >= 11 is 1.42. The van der Waals surface area contributed by atoms with Crippen molar-refractivity contribution in [2.45, 2.75) is 5.16 Å². The third-order valence-corrected chi connectivity index (χ3v) is 2.86. The van der Waals surface area contributed by atoms with Crippen LogP contribution in [0.5, 0.6) is 0 Å². The van der Waals surface area contributed by atoms with Gasteiger partial charge in [-0.2, -0.15) is 0 Å². The highest BCUT2D eigenvalue weighted by atomic mass is 32.2. The number of halogens is 1. The van der Waals surface area contributed by atoms with Crippen molar-refractivity contribution in [3.8, 4) is 0 Å². The molecule has 0 spiro atoms. The zero-order valence-electron chi connectivity index (χ0n) is 8.53. The molecule has 1 aliphatic rings. The quantitative estimate of drug-likeness (QED) is 0.597. The van der Waals surface area contributed by atoms with Gasteiger partial charge in [-0.1, -0.05) is 11.8 Å². The standard InChI is InChI=1S/C9H13FN4S/c1-15-9-12-6-7(10)8(13-9)14-4-2-11-3-5-14/h6,11H,2-5H2,1H3. The Morgan fingerprint density at radius 2 is 2.20 bits per heavy atom. The lowest BCUT2D eigenvalue weighted by atomic mass is 10.3. The molecule has 1 aliphatic heterocycles. The fourth-order valence-electron chi connectivity index (χ4n) is 1.54. The Balaban J connectivity index is 2.24. The fourth-order valence-corrected chi connectivity index (χ4v) is 1.88. The Bertz CT molecular complexity index is 341. The van der Waals surface area contributed by atoms with Crippen molar-refractivity contribution in [1.29, 1.82) is 0 Å². The van der Waals surface area contributed by atoms with E-state index < -0.39 is 0 Å². The highest BCUT2D eigenvalue weighted by Crippen LogP contribution is 2.19. The lowest BCUT2D eigenvalue weighted by molar-refractivity contribution is 0.550. The molecule has 15 heavy (non-hydrogen) atoms. The minimum Gasteiger partial charge on any atom is -0.352 e. The Morgan fingerprint density at radius 3 is 2.87 bits per heavy atom. The van der Waals surface area contributed by atoms with Gasteiger partial charge in [-0.05, 0) is 6.26 Å². The van der Waals surface area contributed by atoms with Crippen LogP contribution in [0.2, 0.25) is 0 Å². The third kappa shape index (κ3) is 2.38. The van der Waals surface area contributed by atoms with Crippen LogP contribution in [0.1, 0.15) is 0 Å². The molecule has 1 N–H and O–H groups in total. The van der Waals surface area contributed by atoms with E-state index in [1.165, 1.54) is 18.0 Å². The second-order valence-corrected chi connectivity index (χ2v) is 4.04. The summed E-state index contributed by atoms with van der Waals surface area (Å²) in [5, 5.41) is 3.84. The minimum atomic E-state index is -0.338. The molecule has 0 amide bonds. The number of hydrogen-bond acceptors (Lipinski definition) is 5. The zero-order chi connectivity index (χ0) is 10.7. The van der Waals surface area contributed by atoms with Gasteiger partial charge >= 0.3 is 0 Å². The van der Waals surface area contributed by atoms with E-state index in [0.717, 1.165) is 26.2 Å². The third-order valence-electron chi connectivity index (χ3n) is 2.30. The second-order valence-electron chi connectivity index (χ2n) is 3.27. The van der Waals surface area contributed by atoms with Crippen molar-refractivity contribution in [1.82, 2.24) is 15.3 Å². The number of aromatic nitrogens is 2. The van der Waals surface area contributed by atoms with Gasteiger partial charge in [-0.25, -0.2) is 14.4 Å². The van der Waals surface area contributed by atoms with Crippen LogP contribution in [0, 0.1) is 5.82 Å². The monoisotopic (exact) mass is 228 g/mol. The topological polar surface area (TPSA) is 41.1 Å². The molecule has 82 valence electrons. The molecule has 1 aromatic rings. The molecule has 2 rings (SSSR count). The summed E-state index contributed by atoms with van der Waals surface area (Å²) in [6, 6.07) is 0. The highest BCUT2D eigenvalue weighted by molar-refractivity contribution is 7.98. The number of nitrogens with one attached hydrogen (secondary N) is 1. The Kier molecular flexibility index (Phi) is 3.37. The van der Waals surface area contributed by atoms with E-state index in [1.54, 1.807) is 0 Å². The molecule has 4 nitrogen and oxygen atoms in total. The first kappa shape index (κ1) is 10.6. The van der Waals surface area contributed by atoms with E-state index in [-0.39, 0.29) is 5.82 Å². The Hall–Kier alpha value is -0.880. The van der Waals surface area contributed by atoms with Crippen molar-refractivity contribution in [2.75, 3.05) is 37.3 Å². The first-order chi connectivity index (χ1) is 7.31. The lowest BCUT2D eigenvalue weighted by Crippen LogP contribution is -2.44. The smallest absolute Gasteiger partial charge is 0.189 e. The largest absolute Gasteiger partial charge is 0.352 e. The van der Waals surface area contributed by atoms with Gasteiger partial charge in [-0.15, -0.1) is 0 Å². The fraction of sp³-hybridized carbons (Fsp3) is 0.556. The molecule has 6 heteroatoms. The SMILES string of the molecule is CSc1ncc(F)c(N2CCNCC2)n1. The number of anilines is 1. The van der Waals surface area contributed by atoms with Gasteiger partial charge in [0.1, 0.15) is 0 Å². The average Bonchev–Trinajstić information content (AvgIpc) is 2.31. The predicted molar refractivity (Wildman–Crippen MR) is 58.9 cm³/mol. The number of piperazine rings is 1. The maximum atomic E-state index is 13.5. The minimum absolute atomic E-state index is 0.338. The molecule has 0 aliphatic carbocycles. The van der Waals surface area contributed by atoms with Crippen LogP contribution in [0.25, 0.3) is 0 Å². The van der Waals surface area contributed by atoms with Gasteiger partial charge in [0.15, 0.2) is 16.8 Å². The lowest BCUT2D eigenvalue weighted by Gasteiger charge is -2.28. The molecular formula is C9H13FN4S. The van der Waals surface area contributed by atoms with E-state index in [4.69, 9.17) is 0 Å². The highest BCUT2D eigenvalue weighted by Gasteiger charge is 2.16. The van der Waals surface area contributed by atoms with Crippen molar-refractivity contribution >= 4 is 17.6 Å². The van der Waals surface area contributed by atoms with Gasteiger partial charge in [-0.3, -0.25) is 0 Å². The van der Waals surface area contributed by atoms with E-state index in [2.05, 4.69) is 15.3 Å². The van der Waals surface area contributed by atoms with Gasteiger partial charge in [0.25, 0.3) is 0 Å². The maximum absolute atomic E-state index is 13.5. The van der Waals surface area contributed by atoms with E-state index in [1.807, 2.05) is 11.2 Å². The molecule has 0 bridgehead atoms. The van der Waals surface area contributed by atoms with Gasteiger partial charge in [0.05, 0.1) is 6.20 Å². The summed E-state index contributed by atoms with van der Waals surface area (Å²) in [6.07, 6.45) is 3.13. The average molecular weight is 228 g/mol. The van der Waals surface area contributed by atoms with Crippen LogP contribution in [0.15, 0.2) is 11.4 Å². The van der Waals surface area contributed by atoms with Crippen molar-refractivity contribution in [3.63, 3.8) is 0 Å².